The van der Waals surface area contributed by atoms with Crippen molar-refractivity contribution < 1.29 is 14.3 Å². The second kappa shape index (κ2) is 5.79. The van der Waals surface area contributed by atoms with Crippen molar-refractivity contribution >= 4 is 11.6 Å². The van der Waals surface area contributed by atoms with Crippen LogP contribution in [0.1, 0.15) is 37.5 Å². The number of carbonyl (C=O) groups excluding carboxylic acids is 1. The Morgan fingerprint density at radius 1 is 1.55 bits per heavy atom. The van der Waals surface area contributed by atoms with Gasteiger partial charge < -0.3 is 15.3 Å². The zero-order valence-corrected chi connectivity index (χ0v) is 12.1. The smallest absolute Gasteiger partial charge is 0.217 e. The number of nitrogens with zero attached hydrogens (tertiary/aromatic N) is 1. The van der Waals surface area contributed by atoms with E-state index >= 15 is 0 Å². The first-order chi connectivity index (χ1) is 9.38. The van der Waals surface area contributed by atoms with Gasteiger partial charge in [-0.15, -0.1) is 0 Å². The van der Waals surface area contributed by atoms with Gasteiger partial charge in [0.1, 0.15) is 5.82 Å². The molecule has 2 rings (SSSR count). The van der Waals surface area contributed by atoms with Crippen LogP contribution < -0.4 is 10.2 Å². The summed E-state index contributed by atoms with van der Waals surface area (Å²) in [5.41, 5.74) is 2.01. The SMILES string of the molecule is CC(=O)NC1CCN(c2cc(C)c(F)cc2[C@@H](C)O)C1. The number of amides is 1. The summed E-state index contributed by atoms with van der Waals surface area (Å²) in [6.45, 7) is 6.33. The van der Waals surface area contributed by atoms with Gasteiger partial charge in [-0.3, -0.25) is 4.79 Å². The number of anilines is 1. The quantitative estimate of drug-likeness (QED) is 0.889. The Morgan fingerprint density at radius 3 is 2.85 bits per heavy atom. The van der Waals surface area contributed by atoms with Crippen LogP contribution >= 0.6 is 0 Å². The van der Waals surface area contributed by atoms with Crippen molar-refractivity contribution in [3.63, 3.8) is 0 Å². The van der Waals surface area contributed by atoms with Crippen LogP contribution in [0.15, 0.2) is 12.1 Å². The number of rotatable bonds is 3. The molecule has 1 aromatic rings. The third-order valence-electron chi connectivity index (χ3n) is 3.69. The van der Waals surface area contributed by atoms with Gasteiger partial charge in [-0.2, -0.15) is 0 Å². The van der Waals surface area contributed by atoms with E-state index in [2.05, 4.69) is 10.2 Å². The van der Waals surface area contributed by atoms with Gasteiger partial charge in [0, 0.05) is 37.3 Å². The van der Waals surface area contributed by atoms with Gasteiger partial charge in [-0.25, -0.2) is 4.39 Å². The predicted molar refractivity (Wildman–Crippen MR) is 76.2 cm³/mol. The Morgan fingerprint density at radius 2 is 2.25 bits per heavy atom. The first kappa shape index (κ1) is 14.8. The summed E-state index contributed by atoms with van der Waals surface area (Å²) in [5.74, 6) is -0.342. The maximum atomic E-state index is 13.7. The highest BCUT2D eigenvalue weighted by Crippen LogP contribution is 2.31. The lowest BCUT2D eigenvalue weighted by Crippen LogP contribution is -2.35. The second-order valence-electron chi connectivity index (χ2n) is 5.47. The normalized spacial score (nSPS) is 20.1. The van der Waals surface area contributed by atoms with Crippen LogP contribution in [0.3, 0.4) is 0 Å². The molecule has 0 bridgehead atoms. The molecule has 1 aliphatic heterocycles. The molecule has 2 N–H and O–H groups in total. The number of halogens is 1. The fourth-order valence-electron chi connectivity index (χ4n) is 2.67. The molecule has 1 aromatic carbocycles. The van der Waals surface area contributed by atoms with Crippen LogP contribution in [0.4, 0.5) is 10.1 Å². The van der Waals surface area contributed by atoms with E-state index in [0.29, 0.717) is 17.7 Å². The van der Waals surface area contributed by atoms with Gasteiger partial charge >= 0.3 is 0 Å². The minimum atomic E-state index is -0.722. The van der Waals surface area contributed by atoms with Crippen molar-refractivity contribution in [1.29, 1.82) is 0 Å². The molecule has 2 atom stereocenters. The summed E-state index contributed by atoms with van der Waals surface area (Å²) in [6.07, 6.45) is 0.134. The molecule has 20 heavy (non-hydrogen) atoms. The summed E-state index contributed by atoms with van der Waals surface area (Å²) < 4.78 is 13.7. The number of hydrogen-bond donors (Lipinski definition) is 2. The number of aryl methyl sites for hydroxylation is 1. The lowest BCUT2D eigenvalue weighted by atomic mass is 10.0. The van der Waals surface area contributed by atoms with Gasteiger partial charge in [0.15, 0.2) is 0 Å². The molecule has 110 valence electrons. The van der Waals surface area contributed by atoms with Crippen molar-refractivity contribution in [3.8, 4) is 0 Å². The summed E-state index contributed by atoms with van der Waals surface area (Å²) in [5, 5.41) is 12.7. The number of aliphatic hydroxyl groups excluding tert-OH is 1. The highest BCUT2D eigenvalue weighted by molar-refractivity contribution is 5.73. The van der Waals surface area contributed by atoms with Gasteiger partial charge in [0.05, 0.1) is 6.10 Å². The van der Waals surface area contributed by atoms with Crippen molar-refractivity contribution in [2.75, 3.05) is 18.0 Å². The Balaban J connectivity index is 2.25. The van der Waals surface area contributed by atoms with E-state index in [0.717, 1.165) is 18.7 Å². The number of nitrogens with one attached hydrogen (secondary N) is 1. The van der Waals surface area contributed by atoms with E-state index in [1.165, 1.54) is 13.0 Å². The number of carbonyl (C=O) groups is 1. The average molecular weight is 280 g/mol. The van der Waals surface area contributed by atoms with E-state index in [9.17, 15) is 14.3 Å². The van der Waals surface area contributed by atoms with E-state index in [4.69, 9.17) is 0 Å². The number of hydrogen-bond acceptors (Lipinski definition) is 3. The molecule has 1 amide bonds. The standard InChI is InChI=1S/C15H21FN2O2/c1-9-6-15(13(10(2)19)7-14(9)16)18-5-4-12(8-18)17-11(3)20/h6-7,10,12,19H,4-5,8H2,1-3H3,(H,17,20)/t10-,12?/m1/s1. The molecule has 0 saturated carbocycles. The zero-order chi connectivity index (χ0) is 14.9. The van der Waals surface area contributed by atoms with Crippen LogP contribution in [0, 0.1) is 12.7 Å². The maximum absolute atomic E-state index is 13.7. The minimum Gasteiger partial charge on any atom is -0.389 e. The van der Waals surface area contributed by atoms with E-state index < -0.39 is 6.10 Å². The van der Waals surface area contributed by atoms with E-state index in [1.54, 1.807) is 19.9 Å². The first-order valence-electron chi connectivity index (χ1n) is 6.88. The molecular weight excluding hydrogens is 259 g/mol. The van der Waals surface area contributed by atoms with E-state index in [-0.39, 0.29) is 17.8 Å². The Hall–Kier alpha value is -1.62. The molecule has 1 saturated heterocycles. The summed E-state index contributed by atoms with van der Waals surface area (Å²) in [4.78, 5) is 13.2. The number of benzene rings is 1. The fourth-order valence-corrected chi connectivity index (χ4v) is 2.67. The lowest BCUT2D eigenvalue weighted by Gasteiger charge is -2.24. The molecule has 1 aliphatic rings. The summed E-state index contributed by atoms with van der Waals surface area (Å²) in [6, 6.07) is 3.29. The monoisotopic (exact) mass is 280 g/mol. The molecule has 0 aromatic heterocycles. The molecule has 1 unspecified atom stereocenters. The van der Waals surface area contributed by atoms with Crippen molar-refractivity contribution in [1.82, 2.24) is 5.32 Å². The third kappa shape index (κ3) is 3.10. The molecule has 0 spiro atoms. The van der Waals surface area contributed by atoms with Gasteiger partial charge in [-0.1, -0.05) is 0 Å². The van der Waals surface area contributed by atoms with Gasteiger partial charge in [-0.05, 0) is 38.0 Å². The van der Waals surface area contributed by atoms with Crippen molar-refractivity contribution in [2.24, 2.45) is 0 Å². The Kier molecular flexibility index (Phi) is 4.28. The summed E-state index contributed by atoms with van der Waals surface area (Å²) in [7, 11) is 0. The maximum Gasteiger partial charge on any atom is 0.217 e. The highest BCUT2D eigenvalue weighted by atomic mass is 19.1. The third-order valence-corrected chi connectivity index (χ3v) is 3.69. The average Bonchev–Trinajstić information content (AvgIpc) is 2.79. The van der Waals surface area contributed by atoms with Crippen LogP contribution in [-0.4, -0.2) is 30.1 Å². The molecule has 1 fully saturated rings. The number of aliphatic hydroxyl groups is 1. The zero-order valence-electron chi connectivity index (χ0n) is 12.1. The minimum absolute atomic E-state index is 0.0390. The van der Waals surface area contributed by atoms with Crippen LogP contribution in [0.2, 0.25) is 0 Å². The second-order valence-corrected chi connectivity index (χ2v) is 5.47. The molecule has 0 radical (unpaired) electrons. The summed E-state index contributed by atoms with van der Waals surface area (Å²) >= 11 is 0. The molecule has 1 heterocycles. The molecule has 0 aliphatic carbocycles. The predicted octanol–water partition coefficient (Wildman–Crippen LogP) is 1.90. The fraction of sp³-hybridized carbons (Fsp3) is 0.533. The van der Waals surface area contributed by atoms with Crippen LogP contribution in [-0.2, 0) is 4.79 Å². The molecule has 5 heteroatoms. The van der Waals surface area contributed by atoms with Gasteiger partial charge in [0.2, 0.25) is 5.91 Å². The largest absolute Gasteiger partial charge is 0.389 e. The van der Waals surface area contributed by atoms with Crippen LogP contribution in [0.5, 0.6) is 0 Å². The van der Waals surface area contributed by atoms with Crippen molar-refractivity contribution in [2.45, 2.75) is 39.3 Å². The van der Waals surface area contributed by atoms with Crippen LogP contribution in [0.25, 0.3) is 0 Å². The topological polar surface area (TPSA) is 52.6 Å². The Bertz CT molecular complexity index is 517. The lowest BCUT2D eigenvalue weighted by molar-refractivity contribution is -0.119. The molecular formula is C15H21FN2O2. The van der Waals surface area contributed by atoms with E-state index in [1.807, 2.05) is 0 Å². The van der Waals surface area contributed by atoms with Gasteiger partial charge in [0.25, 0.3) is 0 Å². The Labute approximate surface area is 118 Å². The molecule has 4 nitrogen and oxygen atoms in total. The van der Waals surface area contributed by atoms with Crippen molar-refractivity contribution in [3.05, 3.63) is 29.1 Å². The highest BCUT2D eigenvalue weighted by Gasteiger charge is 2.26. The first-order valence-corrected chi connectivity index (χ1v) is 6.88.